The van der Waals surface area contributed by atoms with Crippen molar-refractivity contribution in [3.05, 3.63) is 0 Å². The summed E-state index contributed by atoms with van der Waals surface area (Å²) in [5.41, 5.74) is 5.69. The van der Waals surface area contributed by atoms with Gasteiger partial charge in [-0.25, -0.2) is 0 Å². The van der Waals surface area contributed by atoms with E-state index in [1.54, 1.807) is 0 Å². The molecule has 1 rings (SSSR count). The van der Waals surface area contributed by atoms with E-state index in [2.05, 4.69) is 25.7 Å². The van der Waals surface area contributed by atoms with Crippen LogP contribution in [0.2, 0.25) is 0 Å². The second-order valence-electron chi connectivity index (χ2n) is 4.19. The largest absolute Gasteiger partial charge is 0.330 e. The molecule has 0 aromatic carbocycles. The zero-order chi connectivity index (χ0) is 9.14. The first-order chi connectivity index (χ1) is 5.69. The van der Waals surface area contributed by atoms with Gasteiger partial charge in [0, 0.05) is 18.6 Å². The molecule has 12 heavy (non-hydrogen) atoms. The number of likely N-dealkylation sites (tertiary alicyclic amines) is 1. The lowest BCUT2D eigenvalue weighted by Gasteiger charge is -2.27. The van der Waals surface area contributed by atoms with Crippen molar-refractivity contribution in [3.8, 4) is 0 Å². The average molecular weight is 170 g/mol. The normalized spacial score (nSPS) is 31.8. The summed E-state index contributed by atoms with van der Waals surface area (Å²) in [6.07, 6.45) is 2.58. The minimum Gasteiger partial charge on any atom is -0.330 e. The Morgan fingerprint density at radius 2 is 2.17 bits per heavy atom. The first kappa shape index (κ1) is 10.0. The first-order valence-corrected chi connectivity index (χ1v) is 5.14. The molecule has 0 bridgehead atoms. The monoisotopic (exact) mass is 170 g/mol. The lowest BCUT2D eigenvalue weighted by atomic mass is 10.0. The molecule has 72 valence electrons. The Morgan fingerprint density at radius 1 is 1.50 bits per heavy atom. The maximum atomic E-state index is 5.69. The molecule has 1 heterocycles. The molecule has 1 aliphatic heterocycles. The van der Waals surface area contributed by atoms with Crippen LogP contribution in [0.1, 0.15) is 33.6 Å². The summed E-state index contributed by atoms with van der Waals surface area (Å²) < 4.78 is 0. The van der Waals surface area contributed by atoms with E-state index in [4.69, 9.17) is 5.73 Å². The van der Waals surface area contributed by atoms with Gasteiger partial charge in [-0.05, 0) is 39.2 Å². The van der Waals surface area contributed by atoms with Crippen molar-refractivity contribution in [2.75, 3.05) is 13.1 Å². The van der Waals surface area contributed by atoms with E-state index in [1.807, 2.05) is 0 Å². The Labute approximate surface area is 76.1 Å². The molecule has 0 aromatic rings. The summed E-state index contributed by atoms with van der Waals surface area (Å²) in [6.45, 7) is 8.91. The fourth-order valence-electron chi connectivity index (χ4n) is 2.25. The zero-order valence-electron chi connectivity index (χ0n) is 8.59. The molecule has 2 N–H and O–H groups in total. The molecule has 0 spiro atoms. The van der Waals surface area contributed by atoms with Crippen molar-refractivity contribution in [3.63, 3.8) is 0 Å². The van der Waals surface area contributed by atoms with Crippen LogP contribution >= 0.6 is 0 Å². The Morgan fingerprint density at radius 3 is 2.50 bits per heavy atom. The van der Waals surface area contributed by atoms with E-state index < -0.39 is 0 Å². The Bertz CT molecular complexity index is 134. The van der Waals surface area contributed by atoms with Crippen LogP contribution in [-0.4, -0.2) is 30.1 Å². The number of nitrogens with zero attached hydrogens (tertiary/aromatic N) is 1. The van der Waals surface area contributed by atoms with Crippen LogP contribution in [0.4, 0.5) is 0 Å². The number of hydrogen-bond donors (Lipinski definition) is 1. The van der Waals surface area contributed by atoms with Gasteiger partial charge in [-0.3, -0.25) is 4.90 Å². The van der Waals surface area contributed by atoms with Crippen molar-refractivity contribution < 1.29 is 0 Å². The maximum Gasteiger partial charge on any atom is 0.00990 e. The highest BCUT2D eigenvalue weighted by molar-refractivity contribution is 4.86. The second kappa shape index (κ2) is 4.24. The highest BCUT2D eigenvalue weighted by Crippen LogP contribution is 2.26. The summed E-state index contributed by atoms with van der Waals surface area (Å²) in [5.74, 6) is 0.748. The molecule has 0 amide bonds. The minimum absolute atomic E-state index is 0.687. The van der Waals surface area contributed by atoms with E-state index in [0.717, 1.165) is 18.5 Å². The molecule has 2 nitrogen and oxygen atoms in total. The summed E-state index contributed by atoms with van der Waals surface area (Å²) >= 11 is 0. The topological polar surface area (TPSA) is 29.3 Å². The number of hydrogen-bond acceptors (Lipinski definition) is 2. The van der Waals surface area contributed by atoms with Gasteiger partial charge in [-0.2, -0.15) is 0 Å². The van der Waals surface area contributed by atoms with Gasteiger partial charge in [0.2, 0.25) is 0 Å². The molecule has 2 atom stereocenters. The molecule has 2 unspecified atom stereocenters. The fourth-order valence-corrected chi connectivity index (χ4v) is 2.25. The molecule has 0 aromatic heterocycles. The smallest absolute Gasteiger partial charge is 0.00990 e. The molecule has 2 heteroatoms. The molecule has 0 saturated carbocycles. The summed E-state index contributed by atoms with van der Waals surface area (Å²) in [5, 5.41) is 0. The van der Waals surface area contributed by atoms with E-state index >= 15 is 0 Å². The predicted molar refractivity (Wildman–Crippen MR) is 53.1 cm³/mol. The van der Waals surface area contributed by atoms with Crippen molar-refractivity contribution in [1.82, 2.24) is 4.90 Å². The van der Waals surface area contributed by atoms with Crippen molar-refractivity contribution in [1.29, 1.82) is 0 Å². The Kier molecular flexibility index (Phi) is 3.53. The van der Waals surface area contributed by atoms with Gasteiger partial charge in [0.05, 0.1) is 0 Å². The van der Waals surface area contributed by atoms with E-state index in [1.165, 1.54) is 19.4 Å². The highest BCUT2D eigenvalue weighted by atomic mass is 15.2. The van der Waals surface area contributed by atoms with Gasteiger partial charge in [-0.1, -0.05) is 6.92 Å². The molecule has 1 fully saturated rings. The standard InChI is InChI=1S/C10H22N2/c1-4-10-5-9(6-11)7-12(10)8(2)3/h8-10H,4-7,11H2,1-3H3. The van der Waals surface area contributed by atoms with Crippen molar-refractivity contribution in [2.45, 2.75) is 45.7 Å². The Balaban J connectivity index is 2.50. The fraction of sp³-hybridized carbons (Fsp3) is 1.00. The SMILES string of the molecule is CCC1CC(CN)CN1C(C)C. The average Bonchev–Trinajstić information content (AvgIpc) is 2.47. The van der Waals surface area contributed by atoms with E-state index in [-0.39, 0.29) is 0 Å². The van der Waals surface area contributed by atoms with Crippen molar-refractivity contribution in [2.24, 2.45) is 11.7 Å². The second-order valence-corrected chi connectivity index (χ2v) is 4.19. The van der Waals surface area contributed by atoms with Crippen LogP contribution in [0.3, 0.4) is 0 Å². The molecule has 0 aliphatic carbocycles. The van der Waals surface area contributed by atoms with Gasteiger partial charge < -0.3 is 5.73 Å². The Hall–Kier alpha value is -0.0800. The lowest BCUT2D eigenvalue weighted by Crippen LogP contribution is -2.35. The van der Waals surface area contributed by atoms with Gasteiger partial charge >= 0.3 is 0 Å². The third-order valence-electron chi connectivity index (χ3n) is 3.01. The van der Waals surface area contributed by atoms with Gasteiger partial charge in [0.1, 0.15) is 0 Å². The molecule has 1 saturated heterocycles. The third-order valence-corrected chi connectivity index (χ3v) is 3.01. The summed E-state index contributed by atoms with van der Waals surface area (Å²) in [4.78, 5) is 2.59. The van der Waals surface area contributed by atoms with Crippen LogP contribution in [0.5, 0.6) is 0 Å². The van der Waals surface area contributed by atoms with Crippen molar-refractivity contribution >= 4 is 0 Å². The van der Waals surface area contributed by atoms with Crippen LogP contribution in [-0.2, 0) is 0 Å². The van der Waals surface area contributed by atoms with E-state index in [0.29, 0.717) is 6.04 Å². The van der Waals surface area contributed by atoms with Gasteiger partial charge in [0.25, 0.3) is 0 Å². The molecular weight excluding hydrogens is 148 g/mol. The third kappa shape index (κ3) is 1.99. The highest BCUT2D eigenvalue weighted by Gasteiger charge is 2.31. The predicted octanol–water partition coefficient (Wildman–Crippen LogP) is 1.45. The van der Waals surface area contributed by atoms with Crippen LogP contribution in [0.15, 0.2) is 0 Å². The minimum atomic E-state index is 0.687. The van der Waals surface area contributed by atoms with Crippen LogP contribution in [0.25, 0.3) is 0 Å². The number of rotatable bonds is 3. The zero-order valence-corrected chi connectivity index (χ0v) is 8.59. The lowest BCUT2D eigenvalue weighted by molar-refractivity contribution is 0.196. The first-order valence-electron chi connectivity index (χ1n) is 5.14. The number of nitrogens with two attached hydrogens (primary N) is 1. The van der Waals surface area contributed by atoms with E-state index in [9.17, 15) is 0 Å². The quantitative estimate of drug-likeness (QED) is 0.694. The van der Waals surface area contributed by atoms with Crippen LogP contribution < -0.4 is 5.73 Å². The molecule has 0 radical (unpaired) electrons. The maximum absolute atomic E-state index is 5.69. The molecule has 1 aliphatic rings. The van der Waals surface area contributed by atoms with Gasteiger partial charge in [-0.15, -0.1) is 0 Å². The molecular formula is C10H22N2. The van der Waals surface area contributed by atoms with Crippen LogP contribution in [0, 0.1) is 5.92 Å². The summed E-state index contributed by atoms with van der Waals surface area (Å²) in [7, 11) is 0. The summed E-state index contributed by atoms with van der Waals surface area (Å²) in [6, 6.07) is 1.48. The van der Waals surface area contributed by atoms with Gasteiger partial charge in [0.15, 0.2) is 0 Å².